The molecule has 0 N–H and O–H groups in total. The summed E-state index contributed by atoms with van der Waals surface area (Å²) in [6, 6.07) is 24.9. The SMILES string of the molecule is CC1=Cc2c(-c3cc(C(C)(C)C)cc(C(C)(C)C)c3)cc(C)cc2[CH]1[Zr]([CH3])([CH3])(=[SiH2])[CH]1C(C)=Cc2c(-c3cc(C(C)(C)C)cc(C(C)(C)C)c3)cc(C)cc21.Cl.Cl. The van der Waals surface area contributed by atoms with E-state index in [0.717, 1.165) is 0 Å². The maximum absolute atomic E-state index is 3.77. The molecular formula is C52H72Cl2SiZr. The van der Waals surface area contributed by atoms with E-state index in [1.807, 2.05) is 0 Å². The van der Waals surface area contributed by atoms with E-state index in [1.54, 1.807) is 22.3 Å². The Balaban J connectivity index is 0.00000348. The van der Waals surface area contributed by atoms with Gasteiger partial charge >= 0.3 is 335 Å². The average molecular weight is 887 g/mol. The summed E-state index contributed by atoms with van der Waals surface area (Å²) in [5.74, 6) is 0. The zero-order valence-electron chi connectivity index (χ0n) is 38.1. The van der Waals surface area contributed by atoms with Gasteiger partial charge in [-0.2, -0.15) is 0 Å². The van der Waals surface area contributed by atoms with Gasteiger partial charge < -0.3 is 0 Å². The van der Waals surface area contributed by atoms with Crippen molar-refractivity contribution in [2.75, 3.05) is 0 Å². The van der Waals surface area contributed by atoms with Crippen molar-refractivity contribution in [3.05, 3.63) is 127 Å². The Kier molecular flexibility index (Phi) is 12.5. The molecule has 0 radical (unpaired) electrons. The number of halogens is 2. The molecule has 0 fully saturated rings. The largest absolute Gasteiger partial charge is 0.147 e. The van der Waals surface area contributed by atoms with Crippen LogP contribution >= 0.6 is 24.8 Å². The molecule has 2 aliphatic rings. The van der Waals surface area contributed by atoms with Crippen molar-refractivity contribution in [2.45, 2.75) is 149 Å². The van der Waals surface area contributed by atoms with E-state index in [9.17, 15) is 0 Å². The molecule has 2 aliphatic carbocycles. The first-order valence-corrected chi connectivity index (χ1v) is 34.2. The molecule has 56 heavy (non-hydrogen) atoms. The molecule has 0 nitrogen and oxygen atoms in total. The molecule has 0 aliphatic heterocycles. The summed E-state index contributed by atoms with van der Waals surface area (Å²) in [7, 11) is 0. The fourth-order valence-corrected chi connectivity index (χ4v) is 31.2. The van der Waals surface area contributed by atoms with Crippen LogP contribution in [0.4, 0.5) is 0 Å². The zero-order valence-corrected chi connectivity index (χ0v) is 43.6. The van der Waals surface area contributed by atoms with Crippen molar-refractivity contribution in [1.29, 1.82) is 0 Å². The third-order valence-corrected chi connectivity index (χ3v) is 30.8. The Morgan fingerprint density at radius 3 is 0.946 bits per heavy atom. The molecule has 0 bridgehead atoms. The summed E-state index contributed by atoms with van der Waals surface area (Å²) in [5.41, 5.74) is 23.4. The molecule has 4 heteroatoms. The Hall–Kier alpha value is -1.96. The van der Waals surface area contributed by atoms with Crippen LogP contribution in [-0.2, 0) is 39.1 Å². The van der Waals surface area contributed by atoms with Crippen LogP contribution in [0.1, 0.15) is 160 Å². The number of rotatable bonds is 4. The second kappa shape index (κ2) is 14.9. The molecule has 0 spiro atoms. The normalized spacial score (nSPS) is 17.4. The van der Waals surface area contributed by atoms with Gasteiger partial charge in [0.25, 0.3) is 0 Å². The van der Waals surface area contributed by atoms with Gasteiger partial charge in [-0.15, -0.1) is 24.8 Å². The summed E-state index contributed by atoms with van der Waals surface area (Å²) in [6.45, 7) is 40.2. The van der Waals surface area contributed by atoms with E-state index in [4.69, 9.17) is 0 Å². The van der Waals surface area contributed by atoms with Crippen LogP contribution in [0.15, 0.2) is 71.8 Å². The molecule has 4 aromatic carbocycles. The van der Waals surface area contributed by atoms with Crippen LogP contribution in [0.3, 0.4) is 0 Å². The quantitative estimate of drug-likeness (QED) is 0.179. The predicted octanol–water partition coefficient (Wildman–Crippen LogP) is 15.6. The van der Waals surface area contributed by atoms with Gasteiger partial charge in [-0.25, -0.2) is 0 Å². The minimum Gasteiger partial charge on any atom is -0.147 e. The Bertz CT molecular complexity index is 2110. The molecule has 2 unspecified atom stereocenters. The van der Waals surface area contributed by atoms with Crippen molar-refractivity contribution >= 4 is 43.8 Å². The number of hydrogen-bond acceptors (Lipinski definition) is 0. The van der Waals surface area contributed by atoms with E-state index in [1.165, 1.54) is 66.8 Å². The zero-order chi connectivity index (χ0) is 40.3. The molecule has 0 heterocycles. The van der Waals surface area contributed by atoms with Gasteiger partial charge in [0.15, 0.2) is 0 Å². The third-order valence-electron chi connectivity index (χ3n) is 12.8. The fourth-order valence-electron chi connectivity index (χ4n) is 10.0. The maximum atomic E-state index is 2.79. The molecule has 2 atom stereocenters. The second-order valence-electron chi connectivity index (χ2n) is 22.8. The third kappa shape index (κ3) is 8.53. The number of hydrogen-bond donors (Lipinski definition) is 0. The van der Waals surface area contributed by atoms with Crippen LogP contribution < -0.4 is 0 Å². The topological polar surface area (TPSA) is 0 Å². The van der Waals surface area contributed by atoms with Crippen molar-refractivity contribution in [2.24, 2.45) is 0 Å². The van der Waals surface area contributed by atoms with Gasteiger partial charge in [0.2, 0.25) is 0 Å². The molecule has 0 saturated carbocycles. The Morgan fingerprint density at radius 2 is 0.696 bits per heavy atom. The predicted molar refractivity (Wildman–Crippen MR) is 256 cm³/mol. The van der Waals surface area contributed by atoms with Crippen LogP contribution in [0.25, 0.3) is 34.4 Å². The molecule has 0 amide bonds. The van der Waals surface area contributed by atoms with Crippen LogP contribution in [-0.4, -0.2) is 6.88 Å². The molecule has 0 saturated heterocycles. The van der Waals surface area contributed by atoms with Crippen molar-refractivity contribution in [1.82, 2.24) is 0 Å². The van der Waals surface area contributed by atoms with Gasteiger partial charge in [-0.1, -0.05) is 0 Å². The molecule has 6 rings (SSSR count). The summed E-state index contributed by atoms with van der Waals surface area (Å²) >= 11 is -3.77. The van der Waals surface area contributed by atoms with E-state index in [2.05, 4.69) is 200 Å². The van der Waals surface area contributed by atoms with Crippen molar-refractivity contribution in [3.63, 3.8) is 0 Å². The first-order chi connectivity index (χ1) is 24.5. The Labute approximate surface area is 357 Å². The van der Waals surface area contributed by atoms with Crippen LogP contribution in [0, 0.1) is 13.8 Å². The smallest absolute Gasteiger partial charge is 0.147 e. The van der Waals surface area contributed by atoms with Crippen molar-refractivity contribution in [3.8, 4) is 22.3 Å². The van der Waals surface area contributed by atoms with Gasteiger partial charge in [-0.05, 0) is 0 Å². The van der Waals surface area contributed by atoms with E-state index in [0.29, 0.717) is 7.25 Å². The van der Waals surface area contributed by atoms with Gasteiger partial charge in [0, 0.05) is 0 Å². The van der Waals surface area contributed by atoms with Crippen molar-refractivity contribution < 1.29 is 17.4 Å². The Morgan fingerprint density at radius 1 is 0.429 bits per heavy atom. The number of allylic oxidation sites excluding steroid dienone is 2. The maximum Gasteiger partial charge on any atom is -0.147 e. The summed E-state index contributed by atoms with van der Waals surface area (Å²) < 4.78 is 6.53. The molecular weight excluding hydrogens is 815 g/mol. The molecule has 0 aromatic heterocycles. The van der Waals surface area contributed by atoms with E-state index >= 15 is 0 Å². The number of fused-ring (bicyclic) bond motifs is 2. The first-order valence-electron chi connectivity index (χ1n) is 20.5. The molecule has 4 aromatic rings. The first kappa shape index (κ1) is 46.7. The average Bonchev–Trinajstić information content (AvgIpc) is 3.54. The van der Waals surface area contributed by atoms with Crippen LogP contribution in [0.5, 0.6) is 0 Å². The second-order valence-corrected chi connectivity index (χ2v) is 53.3. The minimum absolute atomic E-state index is 0. The summed E-state index contributed by atoms with van der Waals surface area (Å²) in [6.07, 6.45) is 5.18. The standard InChI is InChI=1S/2C25H31.2CH3.2ClH.H2Si.Zr/c2*1-16-9-18-10-17(2)12-23(22(18)11-16)19-13-20(24(3,4)5)15-21(14-19)25(6,7)8;;;;;;/h2*9-15H,1-8H3;2*1H3;2*1H;1H2;. The van der Waals surface area contributed by atoms with E-state index in [-0.39, 0.29) is 46.5 Å². The van der Waals surface area contributed by atoms with Crippen LogP contribution in [0.2, 0.25) is 9.26 Å². The fraction of sp³-hybridized carbons (Fsp3) is 0.462. The minimum atomic E-state index is -3.77. The van der Waals surface area contributed by atoms with Gasteiger partial charge in [0.1, 0.15) is 0 Å². The number of benzene rings is 4. The monoisotopic (exact) mass is 884 g/mol. The molecule has 302 valence electrons. The van der Waals surface area contributed by atoms with E-state index < -0.39 is 17.4 Å². The number of aryl methyl sites for hydroxylation is 2. The summed E-state index contributed by atoms with van der Waals surface area (Å²) in [4.78, 5) is 0. The van der Waals surface area contributed by atoms with Gasteiger partial charge in [0.05, 0.1) is 0 Å². The van der Waals surface area contributed by atoms with Gasteiger partial charge in [-0.3, -0.25) is 0 Å². The summed E-state index contributed by atoms with van der Waals surface area (Å²) in [5, 5.41) is 0.